The number of aliphatic carboxylic acids is 1. The first-order chi connectivity index (χ1) is 10.9. The van der Waals surface area contributed by atoms with Crippen molar-refractivity contribution in [1.29, 1.82) is 0 Å². The highest BCUT2D eigenvalue weighted by molar-refractivity contribution is 6.30. The van der Waals surface area contributed by atoms with E-state index in [1.807, 2.05) is 12.1 Å². The molecule has 0 radical (unpaired) electrons. The van der Waals surface area contributed by atoms with Gasteiger partial charge in [0.05, 0.1) is 5.92 Å². The summed E-state index contributed by atoms with van der Waals surface area (Å²) >= 11 is 5.90. The lowest BCUT2D eigenvalue weighted by molar-refractivity contribution is -0.150. The summed E-state index contributed by atoms with van der Waals surface area (Å²) < 4.78 is 5.61. The van der Waals surface area contributed by atoms with Crippen LogP contribution in [0.3, 0.4) is 0 Å². The molecule has 2 aliphatic heterocycles. The van der Waals surface area contributed by atoms with Crippen molar-refractivity contribution in [2.45, 2.75) is 31.3 Å². The number of benzene rings is 1. The summed E-state index contributed by atoms with van der Waals surface area (Å²) in [4.78, 5) is 26.0. The third-order valence-electron chi connectivity index (χ3n) is 4.89. The minimum atomic E-state index is -0.877. The molecule has 6 heteroatoms. The Kier molecular flexibility index (Phi) is 4.34. The Morgan fingerprint density at radius 3 is 2.57 bits per heavy atom. The number of ether oxygens (including phenoxy) is 1. The molecule has 0 spiro atoms. The Bertz CT molecular complexity index is 610. The van der Waals surface area contributed by atoms with Crippen LogP contribution in [-0.4, -0.2) is 47.2 Å². The fourth-order valence-electron chi connectivity index (χ4n) is 3.55. The van der Waals surface area contributed by atoms with Gasteiger partial charge in [0.25, 0.3) is 5.91 Å². The van der Waals surface area contributed by atoms with Gasteiger partial charge >= 0.3 is 5.97 Å². The first kappa shape index (κ1) is 16.3. The predicted octanol–water partition coefficient (Wildman–Crippen LogP) is 2.54. The van der Waals surface area contributed by atoms with Gasteiger partial charge in [-0.15, -0.1) is 0 Å². The molecule has 23 heavy (non-hydrogen) atoms. The maximum atomic E-state index is 12.8. The molecule has 0 aromatic heterocycles. The van der Waals surface area contributed by atoms with Crippen molar-refractivity contribution < 1.29 is 19.4 Å². The maximum Gasteiger partial charge on any atom is 0.308 e. The molecule has 3 atom stereocenters. The lowest BCUT2D eigenvalue weighted by Gasteiger charge is -2.28. The summed E-state index contributed by atoms with van der Waals surface area (Å²) in [5.74, 6) is -1.81. The Morgan fingerprint density at radius 2 is 2.00 bits per heavy atom. The number of carboxylic acids is 1. The SMILES string of the molecule is CC1(C(=O)N2C[C@@H](C(=O)O)[C@H](c3ccc(Cl)cc3)C2)CCCO1. The minimum absolute atomic E-state index is 0.0993. The molecular formula is C17H20ClNO4. The molecule has 0 bridgehead atoms. The molecule has 1 aromatic rings. The molecule has 2 fully saturated rings. The highest BCUT2D eigenvalue weighted by Crippen LogP contribution is 2.36. The highest BCUT2D eigenvalue weighted by Gasteiger charge is 2.47. The smallest absolute Gasteiger partial charge is 0.308 e. The van der Waals surface area contributed by atoms with Gasteiger partial charge in [0.1, 0.15) is 5.60 Å². The van der Waals surface area contributed by atoms with E-state index in [1.54, 1.807) is 24.0 Å². The van der Waals surface area contributed by atoms with Crippen LogP contribution in [0.1, 0.15) is 31.2 Å². The minimum Gasteiger partial charge on any atom is -0.481 e. The maximum absolute atomic E-state index is 12.8. The number of hydrogen-bond acceptors (Lipinski definition) is 3. The van der Waals surface area contributed by atoms with E-state index in [4.69, 9.17) is 16.3 Å². The Morgan fingerprint density at radius 1 is 1.30 bits per heavy atom. The molecule has 1 aromatic carbocycles. The van der Waals surface area contributed by atoms with Crippen LogP contribution in [0.15, 0.2) is 24.3 Å². The van der Waals surface area contributed by atoms with Crippen molar-refractivity contribution in [3.63, 3.8) is 0 Å². The van der Waals surface area contributed by atoms with Crippen molar-refractivity contribution >= 4 is 23.5 Å². The number of amides is 1. The van der Waals surface area contributed by atoms with Gasteiger partial charge in [0.15, 0.2) is 0 Å². The monoisotopic (exact) mass is 337 g/mol. The fourth-order valence-corrected chi connectivity index (χ4v) is 3.68. The topological polar surface area (TPSA) is 66.8 Å². The molecule has 2 heterocycles. The number of rotatable bonds is 3. The summed E-state index contributed by atoms with van der Waals surface area (Å²) in [6.45, 7) is 3.00. The zero-order chi connectivity index (χ0) is 16.6. The average Bonchev–Trinajstić information content (AvgIpc) is 3.15. The zero-order valence-electron chi connectivity index (χ0n) is 13.0. The molecule has 1 N–H and O–H groups in total. The number of halogens is 1. The van der Waals surface area contributed by atoms with Crippen molar-refractivity contribution in [2.24, 2.45) is 5.92 Å². The third-order valence-corrected chi connectivity index (χ3v) is 5.15. The number of carboxylic acid groups (broad SMARTS) is 1. The van der Waals surface area contributed by atoms with Gasteiger partial charge in [-0.25, -0.2) is 0 Å². The van der Waals surface area contributed by atoms with E-state index in [-0.39, 0.29) is 18.4 Å². The lowest BCUT2D eigenvalue weighted by atomic mass is 9.89. The fraction of sp³-hybridized carbons (Fsp3) is 0.529. The van der Waals surface area contributed by atoms with Crippen LogP contribution in [0, 0.1) is 5.92 Å². The third kappa shape index (κ3) is 3.08. The van der Waals surface area contributed by atoms with Crippen LogP contribution in [0.2, 0.25) is 5.02 Å². The van der Waals surface area contributed by atoms with Crippen molar-refractivity contribution in [1.82, 2.24) is 4.90 Å². The predicted molar refractivity (Wildman–Crippen MR) is 85.5 cm³/mol. The molecular weight excluding hydrogens is 318 g/mol. The summed E-state index contributed by atoms with van der Waals surface area (Å²) in [7, 11) is 0. The molecule has 1 unspecified atom stereocenters. The highest BCUT2D eigenvalue weighted by atomic mass is 35.5. The van der Waals surface area contributed by atoms with E-state index >= 15 is 0 Å². The standard InChI is InChI=1S/C17H20ClNO4/c1-17(7-2-8-23-17)16(22)19-9-13(14(10-19)15(20)21)11-3-5-12(18)6-4-11/h3-6,13-14H,2,7-10H2,1H3,(H,20,21)/t13-,14+,17?/m0/s1. The van der Waals surface area contributed by atoms with Gasteiger partial charge in [-0.1, -0.05) is 23.7 Å². The molecule has 1 amide bonds. The molecule has 0 aliphatic carbocycles. The van der Waals surface area contributed by atoms with E-state index in [2.05, 4.69) is 0 Å². The summed E-state index contributed by atoms with van der Waals surface area (Å²) in [5.41, 5.74) is 0.0902. The number of nitrogens with zero attached hydrogens (tertiary/aromatic N) is 1. The number of likely N-dealkylation sites (tertiary alicyclic amines) is 1. The van der Waals surface area contributed by atoms with Gasteiger partial charge in [-0.2, -0.15) is 0 Å². The largest absolute Gasteiger partial charge is 0.481 e. The summed E-state index contributed by atoms with van der Waals surface area (Å²) in [5, 5.41) is 10.1. The molecule has 2 saturated heterocycles. The second-order valence-electron chi connectivity index (χ2n) is 6.50. The van der Waals surface area contributed by atoms with Crippen LogP contribution in [0.4, 0.5) is 0 Å². The number of carbonyl (C=O) groups excluding carboxylic acids is 1. The number of hydrogen-bond donors (Lipinski definition) is 1. The van der Waals surface area contributed by atoms with Crippen molar-refractivity contribution in [2.75, 3.05) is 19.7 Å². The Hall–Kier alpha value is -1.59. The van der Waals surface area contributed by atoms with Crippen molar-refractivity contribution in [3.8, 4) is 0 Å². The average molecular weight is 338 g/mol. The normalized spacial score (nSPS) is 30.6. The van der Waals surface area contributed by atoms with Crippen molar-refractivity contribution in [3.05, 3.63) is 34.9 Å². The Labute approximate surface area is 140 Å². The zero-order valence-corrected chi connectivity index (χ0v) is 13.8. The summed E-state index contributed by atoms with van der Waals surface area (Å²) in [6.07, 6.45) is 1.55. The van der Waals surface area contributed by atoms with Crippen LogP contribution >= 0.6 is 11.6 Å². The van der Waals surface area contributed by atoms with E-state index in [9.17, 15) is 14.7 Å². The molecule has 124 valence electrons. The van der Waals surface area contributed by atoms with Gasteiger partial charge in [0.2, 0.25) is 0 Å². The second kappa shape index (κ2) is 6.13. The van der Waals surface area contributed by atoms with Gasteiger partial charge in [-0.05, 0) is 37.5 Å². The second-order valence-corrected chi connectivity index (χ2v) is 6.93. The molecule has 2 aliphatic rings. The first-order valence-electron chi connectivity index (χ1n) is 7.82. The molecule has 3 rings (SSSR count). The van der Waals surface area contributed by atoms with E-state index in [0.29, 0.717) is 24.6 Å². The lowest BCUT2D eigenvalue weighted by Crippen LogP contribution is -2.46. The molecule has 0 saturated carbocycles. The van der Waals surface area contributed by atoms with Crippen LogP contribution in [0.5, 0.6) is 0 Å². The Balaban J connectivity index is 1.82. The first-order valence-corrected chi connectivity index (χ1v) is 8.20. The van der Waals surface area contributed by atoms with Gasteiger partial charge < -0.3 is 14.7 Å². The quantitative estimate of drug-likeness (QED) is 0.920. The van der Waals surface area contributed by atoms with E-state index in [0.717, 1.165) is 12.0 Å². The summed E-state index contributed by atoms with van der Waals surface area (Å²) in [6, 6.07) is 7.18. The molecule has 5 nitrogen and oxygen atoms in total. The van der Waals surface area contributed by atoms with Crippen LogP contribution < -0.4 is 0 Å². The van der Waals surface area contributed by atoms with E-state index in [1.165, 1.54) is 0 Å². The number of carbonyl (C=O) groups is 2. The van der Waals surface area contributed by atoms with Gasteiger partial charge in [0, 0.05) is 30.6 Å². The van der Waals surface area contributed by atoms with Crippen LogP contribution in [-0.2, 0) is 14.3 Å². The van der Waals surface area contributed by atoms with Gasteiger partial charge in [-0.3, -0.25) is 9.59 Å². The van der Waals surface area contributed by atoms with Crippen LogP contribution in [0.25, 0.3) is 0 Å². The van der Waals surface area contributed by atoms with E-state index < -0.39 is 17.5 Å².